The van der Waals surface area contributed by atoms with E-state index in [4.69, 9.17) is 4.74 Å². The first-order valence-electron chi connectivity index (χ1n) is 5.15. The fraction of sp³-hybridized carbons (Fsp3) is 0.364. The zero-order valence-electron chi connectivity index (χ0n) is 10.1. The summed E-state index contributed by atoms with van der Waals surface area (Å²) >= 11 is 0. The number of hydrogen-bond acceptors (Lipinski definition) is 5. The van der Waals surface area contributed by atoms with E-state index in [1.54, 1.807) is 24.1 Å². The second-order valence-corrected chi connectivity index (χ2v) is 3.52. The summed E-state index contributed by atoms with van der Waals surface area (Å²) in [6, 6.07) is 0. The minimum absolute atomic E-state index is 0.240. The lowest BCUT2D eigenvalue weighted by Gasteiger charge is -2.06. The number of hydrogen-bond donors (Lipinski definition) is 1. The number of nitrogens with one attached hydrogen (secondary N) is 1. The lowest BCUT2D eigenvalue weighted by atomic mass is 10.2. The maximum absolute atomic E-state index is 11.6. The van der Waals surface area contributed by atoms with Gasteiger partial charge in [0.15, 0.2) is 0 Å². The Hall–Kier alpha value is -2.11. The van der Waals surface area contributed by atoms with Gasteiger partial charge >= 0.3 is 11.7 Å². The van der Waals surface area contributed by atoms with Gasteiger partial charge in [0, 0.05) is 26.5 Å². The summed E-state index contributed by atoms with van der Waals surface area (Å²) in [6.07, 6.45) is 4.55. The largest absolute Gasteiger partial charge is 0.462 e. The van der Waals surface area contributed by atoms with E-state index in [-0.39, 0.29) is 12.2 Å². The van der Waals surface area contributed by atoms with E-state index < -0.39 is 11.7 Å². The second-order valence-electron chi connectivity index (χ2n) is 3.52. The number of aromatic nitrogens is 2. The van der Waals surface area contributed by atoms with Crippen molar-refractivity contribution in [1.82, 2.24) is 14.9 Å². The monoisotopic (exact) mass is 237 g/mol. The highest BCUT2D eigenvalue weighted by Crippen LogP contribution is 2.06. The van der Waals surface area contributed by atoms with Gasteiger partial charge in [-0.05, 0) is 13.0 Å². The number of carbonyl (C=O) groups excluding carboxylic acids is 1. The molecule has 92 valence electrons. The first-order valence-corrected chi connectivity index (χ1v) is 5.15. The molecular weight excluding hydrogens is 222 g/mol. The molecule has 1 N–H and O–H groups in total. The van der Waals surface area contributed by atoms with E-state index in [1.807, 2.05) is 14.1 Å². The van der Waals surface area contributed by atoms with Crippen LogP contribution < -0.4 is 5.69 Å². The first kappa shape index (κ1) is 13.0. The maximum Gasteiger partial charge on any atom is 0.345 e. The van der Waals surface area contributed by atoms with Crippen molar-refractivity contribution in [2.24, 2.45) is 0 Å². The third kappa shape index (κ3) is 3.75. The van der Waals surface area contributed by atoms with Gasteiger partial charge in [-0.15, -0.1) is 0 Å². The van der Waals surface area contributed by atoms with Gasteiger partial charge in [-0.1, -0.05) is 0 Å². The zero-order valence-corrected chi connectivity index (χ0v) is 10.1. The highest BCUT2D eigenvalue weighted by atomic mass is 16.5. The van der Waals surface area contributed by atoms with Crippen molar-refractivity contribution in [3.05, 3.63) is 34.1 Å². The van der Waals surface area contributed by atoms with Crippen LogP contribution in [-0.2, 0) is 4.74 Å². The predicted octanol–water partition coefficient (Wildman–Crippen LogP) is 0.479. The molecule has 17 heavy (non-hydrogen) atoms. The molecule has 0 spiro atoms. The molecule has 0 radical (unpaired) electrons. The second kappa shape index (κ2) is 5.83. The van der Waals surface area contributed by atoms with Gasteiger partial charge in [0.05, 0.1) is 12.3 Å². The summed E-state index contributed by atoms with van der Waals surface area (Å²) < 4.78 is 4.87. The molecule has 6 heteroatoms. The number of aromatic amines is 1. The van der Waals surface area contributed by atoms with Crippen LogP contribution in [0.15, 0.2) is 17.2 Å². The van der Waals surface area contributed by atoms with Crippen molar-refractivity contribution in [1.29, 1.82) is 0 Å². The molecule has 0 aromatic carbocycles. The van der Waals surface area contributed by atoms with Crippen LogP contribution in [0.5, 0.6) is 0 Å². The molecule has 1 rings (SSSR count). The fourth-order valence-corrected chi connectivity index (χ4v) is 1.13. The van der Waals surface area contributed by atoms with Crippen molar-refractivity contribution < 1.29 is 9.53 Å². The molecule has 0 amide bonds. The lowest BCUT2D eigenvalue weighted by molar-refractivity contribution is 0.0525. The Morgan fingerprint density at radius 2 is 2.29 bits per heavy atom. The molecule has 0 bridgehead atoms. The average Bonchev–Trinajstić information content (AvgIpc) is 2.26. The van der Waals surface area contributed by atoms with Crippen molar-refractivity contribution >= 4 is 12.0 Å². The van der Waals surface area contributed by atoms with Gasteiger partial charge in [0.2, 0.25) is 0 Å². The molecule has 1 heterocycles. The summed E-state index contributed by atoms with van der Waals surface area (Å²) in [7, 11) is 3.67. The Bertz CT molecular complexity index is 477. The lowest BCUT2D eigenvalue weighted by Crippen LogP contribution is -2.17. The van der Waals surface area contributed by atoms with Gasteiger partial charge in [0.25, 0.3) is 0 Å². The average molecular weight is 237 g/mol. The third-order valence-electron chi connectivity index (χ3n) is 1.88. The number of ether oxygens (including phenoxy) is 1. The van der Waals surface area contributed by atoms with E-state index in [1.165, 1.54) is 6.20 Å². The molecule has 0 unspecified atom stereocenters. The maximum atomic E-state index is 11.6. The van der Waals surface area contributed by atoms with Gasteiger partial charge < -0.3 is 14.6 Å². The van der Waals surface area contributed by atoms with E-state index in [0.29, 0.717) is 5.69 Å². The normalized spacial score (nSPS) is 10.5. The molecule has 0 aliphatic carbocycles. The quantitative estimate of drug-likeness (QED) is 0.771. The molecular formula is C11H15N3O3. The van der Waals surface area contributed by atoms with Crippen molar-refractivity contribution in [2.45, 2.75) is 6.92 Å². The minimum atomic E-state index is -0.505. The summed E-state index contributed by atoms with van der Waals surface area (Å²) in [5, 5.41) is 0. The van der Waals surface area contributed by atoms with Crippen LogP contribution in [-0.4, -0.2) is 41.5 Å². The molecule has 0 fully saturated rings. The van der Waals surface area contributed by atoms with Crippen LogP contribution in [0.2, 0.25) is 0 Å². The Labute approximate surface area is 98.9 Å². The Balaban J connectivity index is 3.12. The Morgan fingerprint density at radius 3 is 2.88 bits per heavy atom. The van der Waals surface area contributed by atoms with E-state index >= 15 is 0 Å². The van der Waals surface area contributed by atoms with Gasteiger partial charge in [0.1, 0.15) is 5.56 Å². The van der Waals surface area contributed by atoms with E-state index in [9.17, 15) is 9.59 Å². The number of H-pyrrole nitrogens is 1. The molecule has 1 aromatic rings. The number of nitrogens with zero attached hydrogens (tertiary/aromatic N) is 2. The molecule has 0 aliphatic heterocycles. The molecule has 0 saturated carbocycles. The third-order valence-corrected chi connectivity index (χ3v) is 1.88. The summed E-state index contributed by atoms with van der Waals surface area (Å²) in [4.78, 5) is 30.5. The number of carbonyl (C=O) groups is 1. The predicted molar refractivity (Wildman–Crippen MR) is 63.5 cm³/mol. The van der Waals surface area contributed by atoms with Crippen molar-refractivity contribution in [3.63, 3.8) is 0 Å². The van der Waals surface area contributed by atoms with Gasteiger partial charge in [-0.2, -0.15) is 0 Å². The summed E-state index contributed by atoms with van der Waals surface area (Å²) in [5.41, 5.74) is 0.123. The molecule has 0 saturated heterocycles. The fourth-order valence-electron chi connectivity index (χ4n) is 1.13. The van der Waals surface area contributed by atoms with E-state index in [2.05, 4.69) is 9.97 Å². The Kier molecular flexibility index (Phi) is 4.45. The van der Waals surface area contributed by atoms with Crippen LogP contribution in [0.3, 0.4) is 0 Å². The van der Waals surface area contributed by atoms with Crippen LogP contribution in [0.4, 0.5) is 0 Å². The highest BCUT2D eigenvalue weighted by Gasteiger charge is 2.12. The smallest absolute Gasteiger partial charge is 0.345 e. The zero-order chi connectivity index (χ0) is 12.8. The standard InChI is InChI=1S/C11H15N3O3/c1-4-17-10(15)8-7-12-11(16)13-9(8)5-6-14(2)3/h5-7H,4H2,1-3H3,(H,12,13,16)/b6-5+. The molecule has 1 aromatic heterocycles. The highest BCUT2D eigenvalue weighted by molar-refractivity contribution is 5.92. The van der Waals surface area contributed by atoms with Crippen LogP contribution in [0, 0.1) is 0 Å². The topological polar surface area (TPSA) is 75.3 Å². The van der Waals surface area contributed by atoms with Crippen molar-refractivity contribution in [3.8, 4) is 0 Å². The SMILES string of the molecule is CCOC(=O)c1cnc(=O)[nH]c1/C=C/N(C)C. The van der Waals surface area contributed by atoms with E-state index in [0.717, 1.165) is 0 Å². The number of esters is 1. The molecule has 0 aliphatic rings. The summed E-state index contributed by atoms with van der Waals surface area (Å²) in [5.74, 6) is -0.505. The van der Waals surface area contributed by atoms with Crippen LogP contribution in [0.1, 0.15) is 23.0 Å². The van der Waals surface area contributed by atoms with Gasteiger partial charge in [-0.3, -0.25) is 0 Å². The molecule has 0 atom stereocenters. The van der Waals surface area contributed by atoms with Gasteiger partial charge in [-0.25, -0.2) is 14.6 Å². The molecule has 6 nitrogen and oxygen atoms in total. The minimum Gasteiger partial charge on any atom is -0.462 e. The van der Waals surface area contributed by atoms with Crippen molar-refractivity contribution in [2.75, 3.05) is 20.7 Å². The first-order chi connectivity index (χ1) is 8.04. The van der Waals surface area contributed by atoms with Crippen LogP contribution >= 0.6 is 0 Å². The Morgan fingerprint density at radius 1 is 1.59 bits per heavy atom. The number of rotatable bonds is 4. The van der Waals surface area contributed by atoms with Crippen LogP contribution in [0.25, 0.3) is 6.08 Å². The summed E-state index contributed by atoms with van der Waals surface area (Å²) in [6.45, 7) is 1.99.